The van der Waals surface area contributed by atoms with Gasteiger partial charge in [0.25, 0.3) is 0 Å². The number of hydrogen-bond acceptors (Lipinski definition) is 3. The number of carbonyl (C=O) groups is 3. The van der Waals surface area contributed by atoms with Crippen LogP contribution in [0, 0.1) is 17.3 Å². The predicted molar refractivity (Wildman–Crippen MR) is 81.7 cm³/mol. The molecule has 5 heteroatoms. The van der Waals surface area contributed by atoms with Crippen LogP contribution >= 0.6 is 0 Å². The molecule has 1 spiro atoms. The molecule has 2 atom stereocenters. The second-order valence-electron chi connectivity index (χ2n) is 7.57. The number of nitrogens with two attached hydrogens (primary N) is 1. The van der Waals surface area contributed by atoms with E-state index in [0.717, 1.165) is 38.4 Å². The van der Waals surface area contributed by atoms with Crippen LogP contribution in [0.1, 0.15) is 57.8 Å². The second kappa shape index (κ2) is 6.01. The Balaban J connectivity index is 1.70. The van der Waals surface area contributed by atoms with Crippen LogP contribution in [-0.2, 0) is 14.4 Å². The molecule has 2 saturated carbocycles. The van der Waals surface area contributed by atoms with Gasteiger partial charge in [0.05, 0.1) is 0 Å². The van der Waals surface area contributed by atoms with Crippen LogP contribution < -0.4 is 5.73 Å². The molecule has 1 aliphatic heterocycles. The average Bonchev–Trinajstić information content (AvgIpc) is 2.89. The minimum Gasteiger partial charge on any atom is -0.368 e. The Morgan fingerprint density at radius 2 is 1.95 bits per heavy atom. The Morgan fingerprint density at radius 1 is 1.27 bits per heavy atom. The number of likely N-dealkylation sites (tertiary alicyclic amines) is 1. The third-order valence-corrected chi connectivity index (χ3v) is 5.90. The summed E-state index contributed by atoms with van der Waals surface area (Å²) in [6.07, 6.45) is 9.55. The molecular formula is C17H26N2O3. The number of amides is 2. The van der Waals surface area contributed by atoms with Crippen LogP contribution in [0.25, 0.3) is 0 Å². The third-order valence-electron chi connectivity index (χ3n) is 5.90. The van der Waals surface area contributed by atoms with Gasteiger partial charge in [-0.3, -0.25) is 9.59 Å². The molecule has 2 aliphatic carbocycles. The van der Waals surface area contributed by atoms with E-state index in [9.17, 15) is 14.4 Å². The first kappa shape index (κ1) is 15.5. The minimum atomic E-state index is -0.465. The zero-order valence-corrected chi connectivity index (χ0v) is 13.1. The number of aldehydes is 1. The molecule has 5 nitrogen and oxygen atoms in total. The van der Waals surface area contributed by atoms with Gasteiger partial charge in [0.2, 0.25) is 11.8 Å². The molecule has 0 radical (unpaired) electrons. The van der Waals surface area contributed by atoms with Crippen molar-refractivity contribution in [3.63, 3.8) is 0 Å². The number of nitrogens with zero attached hydrogens (tertiary/aromatic N) is 1. The highest BCUT2D eigenvalue weighted by atomic mass is 16.2. The van der Waals surface area contributed by atoms with Gasteiger partial charge in [-0.05, 0) is 37.0 Å². The van der Waals surface area contributed by atoms with Crippen molar-refractivity contribution in [2.75, 3.05) is 6.54 Å². The zero-order valence-electron chi connectivity index (χ0n) is 13.1. The summed E-state index contributed by atoms with van der Waals surface area (Å²) in [7, 11) is 0. The standard InChI is InChI=1S/C17H26N2O3/c18-15(21)14-10-17(6-7-17)11-19(14)16(22)13(5-8-20)9-12-3-1-2-4-12/h8,12-14H,1-7,9-11H2,(H2,18,21)/t13-,14-/m0/s1. The fraction of sp³-hybridized carbons (Fsp3) is 0.824. The molecule has 0 aromatic carbocycles. The monoisotopic (exact) mass is 306 g/mol. The smallest absolute Gasteiger partial charge is 0.240 e. The van der Waals surface area contributed by atoms with E-state index >= 15 is 0 Å². The maximum absolute atomic E-state index is 12.9. The average molecular weight is 306 g/mol. The van der Waals surface area contributed by atoms with Crippen molar-refractivity contribution < 1.29 is 14.4 Å². The summed E-state index contributed by atoms with van der Waals surface area (Å²) >= 11 is 0. The van der Waals surface area contributed by atoms with E-state index in [2.05, 4.69) is 0 Å². The summed E-state index contributed by atoms with van der Waals surface area (Å²) in [5, 5.41) is 0. The van der Waals surface area contributed by atoms with Crippen molar-refractivity contribution in [1.82, 2.24) is 4.90 Å². The van der Waals surface area contributed by atoms with E-state index < -0.39 is 11.9 Å². The molecule has 2 N–H and O–H groups in total. The van der Waals surface area contributed by atoms with E-state index in [1.165, 1.54) is 12.8 Å². The normalized spacial score (nSPS) is 28.0. The Kier molecular flexibility index (Phi) is 4.24. The van der Waals surface area contributed by atoms with E-state index in [1.807, 2.05) is 0 Å². The van der Waals surface area contributed by atoms with E-state index in [0.29, 0.717) is 18.9 Å². The molecule has 22 heavy (non-hydrogen) atoms. The number of rotatable bonds is 6. The lowest BCUT2D eigenvalue weighted by Crippen LogP contribution is -2.46. The molecule has 1 saturated heterocycles. The summed E-state index contributed by atoms with van der Waals surface area (Å²) in [5.74, 6) is -0.135. The highest BCUT2D eigenvalue weighted by Crippen LogP contribution is 2.55. The van der Waals surface area contributed by atoms with Gasteiger partial charge in [-0.1, -0.05) is 25.7 Å². The van der Waals surface area contributed by atoms with Crippen LogP contribution in [-0.4, -0.2) is 35.6 Å². The Morgan fingerprint density at radius 3 is 2.50 bits per heavy atom. The van der Waals surface area contributed by atoms with Gasteiger partial charge < -0.3 is 15.4 Å². The lowest BCUT2D eigenvalue weighted by molar-refractivity contribution is -0.142. The zero-order chi connectivity index (χ0) is 15.7. The van der Waals surface area contributed by atoms with Crippen molar-refractivity contribution in [1.29, 1.82) is 0 Å². The predicted octanol–water partition coefficient (Wildman–Crippen LogP) is 1.64. The Hall–Kier alpha value is -1.39. The maximum Gasteiger partial charge on any atom is 0.240 e. The van der Waals surface area contributed by atoms with Crippen molar-refractivity contribution >= 4 is 18.1 Å². The summed E-state index contributed by atoms with van der Waals surface area (Å²) in [6.45, 7) is 0.652. The van der Waals surface area contributed by atoms with Gasteiger partial charge in [0.15, 0.2) is 0 Å². The summed E-state index contributed by atoms with van der Waals surface area (Å²) in [6, 6.07) is -0.465. The van der Waals surface area contributed by atoms with Crippen molar-refractivity contribution in [3.05, 3.63) is 0 Å². The van der Waals surface area contributed by atoms with Crippen LogP contribution in [0.5, 0.6) is 0 Å². The van der Waals surface area contributed by atoms with Crippen molar-refractivity contribution in [2.45, 2.75) is 63.8 Å². The molecule has 2 amide bonds. The molecule has 3 rings (SSSR count). The van der Waals surface area contributed by atoms with E-state index in [4.69, 9.17) is 5.73 Å². The molecule has 0 aromatic heterocycles. The van der Waals surface area contributed by atoms with Crippen LogP contribution in [0.15, 0.2) is 0 Å². The van der Waals surface area contributed by atoms with Gasteiger partial charge >= 0.3 is 0 Å². The van der Waals surface area contributed by atoms with E-state index in [1.54, 1.807) is 4.90 Å². The molecule has 0 unspecified atom stereocenters. The van der Waals surface area contributed by atoms with Gasteiger partial charge in [-0.15, -0.1) is 0 Å². The molecule has 0 aromatic rings. The number of primary amides is 1. The third kappa shape index (κ3) is 3.03. The quantitative estimate of drug-likeness (QED) is 0.757. The van der Waals surface area contributed by atoms with Gasteiger partial charge in [0, 0.05) is 18.9 Å². The lowest BCUT2D eigenvalue weighted by atomic mass is 9.90. The fourth-order valence-electron chi connectivity index (χ4n) is 4.38. The summed E-state index contributed by atoms with van der Waals surface area (Å²) < 4.78 is 0. The largest absolute Gasteiger partial charge is 0.368 e. The van der Waals surface area contributed by atoms with Crippen molar-refractivity contribution in [2.24, 2.45) is 23.0 Å². The van der Waals surface area contributed by atoms with Crippen LogP contribution in [0.3, 0.4) is 0 Å². The number of hydrogen-bond donors (Lipinski definition) is 1. The molecule has 3 aliphatic rings. The highest BCUT2D eigenvalue weighted by Gasteiger charge is 2.55. The lowest BCUT2D eigenvalue weighted by Gasteiger charge is -2.28. The van der Waals surface area contributed by atoms with Crippen LogP contribution in [0.4, 0.5) is 0 Å². The first-order valence-electron chi connectivity index (χ1n) is 8.58. The van der Waals surface area contributed by atoms with Crippen molar-refractivity contribution in [3.8, 4) is 0 Å². The fourth-order valence-corrected chi connectivity index (χ4v) is 4.38. The molecule has 122 valence electrons. The first-order chi connectivity index (χ1) is 10.5. The Labute approximate surface area is 131 Å². The molecular weight excluding hydrogens is 280 g/mol. The van der Waals surface area contributed by atoms with Gasteiger partial charge in [-0.25, -0.2) is 0 Å². The minimum absolute atomic E-state index is 0.0217. The molecule has 0 bridgehead atoms. The summed E-state index contributed by atoms with van der Waals surface area (Å²) in [4.78, 5) is 37.3. The van der Waals surface area contributed by atoms with Gasteiger partial charge in [0.1, 0.15) is 12.3 Å². The molecule has 1 heterocycles. The highest BCUT2D eigenvalue weighted by molar-refractivity contribution is 5.89. The number of carbonyl (C=O) groups excluding carboxylic acids is 3. The molecule has 3 fully saturated rings. The SMILES string of the molecule is NC(=O)[C@@H]1CC2(CC2)CN1C(=O)[C@@H](CC=O)CC1CCCC1. The van der Waals surface area contributed by atoms with Gasteiger partial charge in [-0.2, -0.15) is 0 Å². The Bertz CT molecular complexity index is 467. The van der Waals surface area contributed by atoms with Crippen LogP contribution in [0.2, 0.25) is 0 Å². The topological polar surface area (TPSA) is 80.5 Å². The second-order valence-corrected chi connectivity index (χ2v) is 7.57. The summed E-state index contributed by atoms with van der Waals surface area (Å²) in [5.41, 5.74) is 5.66. The maximum atomic E-state index is 12.9. The first-order valence-corrected chi connectivity index (χ1v) is 8.58. The van der Waals surface area contributed by atoms with E-state index in [-0.39, 0.29) is 23.7 Å².